The van der Waals surface area contributed by atoms with Gasteiger partial charge in [-0.25, -0.2) is 4.98 Å². The Morgan fingerprint density at radius 1 is 1.17 bits per heavy atom. The fourth-order valence-corrected chi connectivity index (χ4v) is 3.64. The van der Waals surface area contributed by atoms with E-state index in [4.69, 9.17) is 23.2 Å². The van der Waals surface area contributed by atoms with Gasteiger partial charge in [-0.15, -0.1) is 0 Å². The predicted molar refractivity (Wildman–Crippen MR) is 96.1 cm³/mol. The Hall–Kier alpha value is -1.03. The van der Waals surface area contributed by atoms with Crippen LogP contribution >= 0.6 is 23.2 Å². The fourth-order valence-electron chi connectivity index (χ4n) is 3.32. The van der Waals surface area contributed by atoms with Gasteiger partial charge in [0.05, 0.1) is 10.0 Å². The zero-order valence-corrected chi connectivity index (χ0v) is 15.0. The molecule has 2 heterocycles. The maximum Gasteiger partial charge on any atom is 0.108 e. The predicted octanol–water partition coefficient (Wildman–Crippen LogP) is 4.66. The topological polar surface area (TPSA) is 21.1 Å². The fraction of sp³-hybridized carbons (Fsp3) is 0.500. The molecule has 1 aromatic carbocycles. The minimum Gasteiger partial charge on any atom is -0.335 e. The van der Waals surface area contributed by atoms with Gasteiger partial charge < -0.3 is 4.57 Å². The maximum absolute atomic E-state index is 6.10. The Morgan fingerprint density at radius 3 is 2.65 bits per heavy atom. The molecule has 0 unspecified atom stereocenters. The standard InChI is InChI=1S/C18H23Cl2N3/c1-2-18-21-7-10-23(18)13-14-5-8-22(9-6-14)12-15-3-4-16(19)17(20)11-15/h3-4,7,10-11,14H,2,5-6,8-9,12-13H2,1H3. The second-order valence-electron chi connectivity index (χ2n) is 6.32. The first-order valence-corrected chi connectivity index (χ1v) is 9.07. The van der Waals surface area contributed by atoms with E-state index in [9.17, 15) is 0 Å². The van der Waals surface area contributed by atoms with Crippen molar-refractivity contribution in [3.05, 3.63) is 52.0 Å². The maximum atomic E-state index is 6.10. The molecule has 3 rings (SSSR count). The van der Waals surface area contributed by atoms with Gasteiger partial charge in [0.2, 0.25) is 0 Å². The van der Waals surface area contributed by atoms with Gasteiger partial charge in [0.15, 0.2) is 0 Å². The summed E-state index contributed by atoms with van der Waals surface area (Å²) >= 11 is 12.1. The molecule has 1 saturated heterocycles. The Labute approximate surface area is 148 Å². The number of hydrogen-bond donors (Lipinski definition) is 0. The van der Waals surface area contributed by atoms with Crippen molar-refractivity contribution in [2.24, 2.45) is 5.92 Å². The molecule has 3 nitrogen and oxygen atoms in total. The molecule has 1 aliphatic rings. The molecule has 5 heteroatoms. The van der Waals surface area contributed by atoms with Crippen LogP contribution in [0.15, 0.2) is 30.6 Å². The van der Waals surface area contributed by atoms with Crippen LogP contribution in [0.4, 0.5) is 0 Å². The Kier molecular flexibility index (Phi) is 5.62. The van der Waals surface area contributed by atoms with Gasteiger partial charge in [-0.3, -0.25) is 4.90 Å². The van der Waals surface area contributed by atoms with Crippen LogP contribution in [0.2, 0.25) is 10.0 Å². The normalized spacial score (nSPS) is 16.8. The molecule has 1 aromatic heterocycles. The molecule has 0 aliphatic carbocycles. The first-order valence-electron chi connectivity index (χ1n) is 8.32. The Balaban J connectivity index is 1.51. The van der Waals surface area contributed by atoms with Crippen molar-refractivity contribution in [2.45, 2.75) is 39.3 Å². The number of imidazole rings is 1. The third-order valence-corrected chi connectivity index (χ3v) is 5.41. The average molecular weight is 352 g/mol. The molecule has 0 amide bonds. The second kappa shape index (κ2) is 7.69. The van der Waals surface area contributed by atoms with E-state index in [2.05, 4.69) is 33.6 Å². The lowest BCUT2D eigenvalue weighted by Gasteiger charge is -2.32. The largest absolute Gasteiger partial charge is 0.335 e. The Bertz CT molecular complexity index is 645. The summed E-state index contributed by atoms with van der Waals surface area (Å²) in [7, 11) is 0. The van der Waals surface area contributed by atoms with E-state index in [0.29, 0.717) is 10.0 Å². The molecule has 2 aromatic rings. The third-order valence-electron chi connectivity index (χ3n) is 4.67. The number of nitrogens with zero attached hydrogens (tertiary/aromatic N) is 3. The highest BCUT2D eigenvalue weighted by molar-refractivity contribution is 6.42. The smallest absolute Gasteiger partial charge is 0.108 e. The van der Waals surface area contributed by atoms with E-state index in [0.717, 1.165) is 38.5 Å². The Morgan fingerprint density at radius 2 is 1.96 bits per heavy atom. The van der Waals surface area contributed by atoms with E-state index >= 15 is 0 Å². The number of benzene rings is 1. The van der Waals surface area contributed by atoms with Gasteiger partial charge in [-0.2, -0.15) is 0 Å². The molecule has 0 N–H and O–H groups in total. The summed E-state index contributed by atoms with van der Waals surface area (Å²) in [5, 5.41) is 1.27. The van der Waals surface area contributed by atoms with E-state index < -0.39 is 0 Å². The summed E-state index contributed by atoms with van der Waals surface area (Å²) in [4.78, 5) is 6.92. The zero-order valence-electron chi connectivity index (χ0n) is 13.5. The van der Waals surface area contributed by atoms with Crippen LogP contribution in [0.25, 0.3) is 0 Å². The van der Waals surface area contributed by atoms with E-state index in [-0.39, 0.29) is 0 Å². The van der Waals surface area contributed by atoms with Crippen LogP contribution in [0, 0.1) is 5.92 Å². The van der Waals surface area contributed by atoms with E-state index in [1.165, 1.54) is 24.2 Å². The SMILES string of the molecule is CCc1nccn1CC1CCN(Cc2ccc(Cl)c(Cl)c2)CC1. The molecule has 1 aliphatic heterocycles. The quantitative estimate of drug-likeness (QED) is 0.780. The lowest BCUT2D eigenvalue weighted by atomic mass is 9.96. The summed E-state index contributed by atoms with van der Waals surface area (Å²) < 4.78 is 2.32. The zero-order chi connectivity index (χ0) is 16.2. The summed E-state index contributed by atoms with van der Waals surface area (Å²) in [5.41, 5.74) is 1.24. The number of rotatable bonds is 5. The van der Waals surface area contributed by atoms with Gasteiger partial charge in [0.1, 0.15) is 5.82 Å². The molecule has 0 bridgehead atoms. The number of aryl methyl sites for hydroxylation is 1. The highest BCUT2D eigenvalue weighted by Gasteiger charge is 2.20. The van der Waals surface area contributed by atoms with Crippen molar-refractivity contribution in [1.29, 1.82) is 0 Å². The van der Waals surface area contributed by atoms with Gasteiger partial charge >= 0.3 is 0 Å². The molecule has 23 heavy (non-hydrogen) atoms. The van der Waals surface area contributed by atoms with Crippen molar-refractivity contribution in [3.8, 4) is 0 Å². The molecule has 0 radical (unpaired) electrons. The highest BCUT2D eigenvalue weighted by Crippen LogP contribution is 2.25. The monoisotopic (exact) mass is 351 g/mol. The molecule has 0 atom stereocenters. The van der Waals surface area contributed by atoms with Crippen molar-refractivity contribution in [3.63, 3.8) is 0 Å². The van der Waals surface area contributed by atoms with Crippen molar-refractivity contribution in [1.82, 2.24) is 14.5 Å². The van der Waals surface area contributed by atoms with Crippen LogP contribution in [-0.4, -0.2) is 27.5 Å². The summed E-state index contributed by atoms with van der Waals surface area (Å²) in [6.07, 6.45) is 7.51. The van der Waals surface area contributed by atoms with Gasteiger partial charge in [-0.05, 0) is 49.5 Å². The number of aromatic nitrogens is 2. The van der Waals surface area contributed by atoms with E-state index in [1.807, 2.05) is 18.3 Å². The van der Waals surface area contributed by atoms with Crippen LogP contribution in [-0.2, 0) is 19.5 Å². The minimum absolute atomic E-state index is 0.626. The number of piperidine rings is 1. The summed E-state index contributed by atoms with van der Waals surface area (Å²) in [6.45, 7) is 6.50. The van der Waals surface area contributed by atoms with Gasteiger partial charge in [0.25, 0.3) is 0 Å². The second-order valence-corrected chi connectivity index (χ2v) is 7.13. The lowest BCUT2D eigenvalue weighted by Crippen LogP contribution is -2.34. The molecular weight excluding hydrogens is 329 g/mol. The molecule has 1 fully saturated rings. The van der Waals surface area contributed by atoms with E-state index in [1.54, 1.807) is 0 Å². The van der Waals surface area contributed by atoms with Crippen LogP contribution in [0.1, 0.15) is 31.2 Å². The van der Waals surface area contributed by atoms with Crippen LogP contribution < -0.4 is 0 Å². The lowest BCUT2D eigenvalue weighted by molar-refractivity contribution is 0.166. The number of likely N-dealkylation sites (tertiary alicyclic amines) is 1. The van der Waals surface area contributed by atoms with Crippen molar-refractivity contribution in [2.75, 3.05) is 13.1 Å². The summed E-state index contributed by atoms with van der Waals surface area (Å²) in [6, 6.07) is 5.94. The first-order chi connectivity index (χ1) is 11.2. The van der Waals surface area contributed by atoms with Gasteiger partial charge in [-0.1, -0.05) is 36.2 Å². The number of halogens is 2. The average Bonchev–Trinajstić information content (AvgIpc) is 3.00. The minimum atomic E-state index is 0.626. The third kappa shape index (κ3) is 4.28. The molecule has 0 spiro atoms. The van der Waals surface area contributed by atoms with Crippen molar-refractivity contribution >= 4 is 23.2 Å². The van der Waals surface area contributed by atoms with Crippen LogP contribution in [0.3, 0.4) is 0 Å². The van der Waals surface area contributed by atoms with Gasteiger partial charge in [0, 0.05) is 31.9 Å². The van der Waals surface area contributed by atoms with Crippen LogP contribution in [0.5, 0.6) is 0 Å². The molecule has 0 saturated carbocycles. The first kappa shape index (κ1) is 16.8. The molecule has 124 valence electrons. The molecular formula is C18H23Cl2N3. The highest BCUT2D eigenvalue weighted by atomic mass is 35.5. The number of hydrogen-bond acceptors (Lipinski definition) is 2. The van der Waals surface area contributed by atoms with Crippen molar-refractivity contribution < 1.29 is 0 Å². The summed E-state index contributed by atoms with van der Waals surface area (Å²) in [5.74, 6) is 1.95.